The van der Waals surface area contributed by atoms with Crippen LogP contribution in [0.5, 0.6) is 0 Å². The van der Waals surface area contributed by atoms with Gasteiger partial charge in [0.15, 0.2) is 0 Å². The molecule has 0 aromatic heterocycles. The molecule has 0 aliphatic rings. The summed E-state index contributed by atoms with van der Waals surface area (Å²) < 4.78 is 24.6. The van der Waals surface area contributed by atoms with Gasteiger partial charge >= 0.3 is 9.05 Å². The molecule has 0 saturated heterocycles. The lowest BCUT2D eigenvalue weighted by Gasteiger charge is -2.28. The largest absolute Gasteiger partial charge is 0.679 e. The van der Waals surface area contributed by atoms with Crippen LogP contribution in [-0.2, 0) is 17.7 Å². The van der Waals surface area contributed by atoms with Crippen molar-refractivity contribution in [1.82, 2.24) is 0 Å². The van der Waals surface area contributed by atoms with Crippen LogP contribution in [0.2, 0.25) is 0 Å². The van der Waals surface area contributed by atoms with Crippen molar-refractivity contribution in [2.75, 3.05) is 26.4 Å². The minimum Gasteiger partial charge on any atom is -0.351 e. The maximum absolute atomic E-state index is 6.22. The summed E-state index contributed by atoms with van der Waals surface area (Å²) in [6.07, 6.45) is 22.6. The third kappa shape index (κ3) is 20.4. The first-order valence-corrected chi connectivity index (χ1v) is 15.4. The van der Waals surface area contributed by atoms with Gasteiger partial charge in [0, 0.05) is 26.4 Å². The highest BCUT2D eigenvalue weighted by molar-refractivity contribution is 6.53. The number of unbranched alkanes of at least 4 members (excludes halogenated alkanes) is 14. The number of hydrogen-bond donors (Lipinski definition) is 0. The molecule has 0 aromatic rings. The van der Waals surface area contributed by atoms with E-state index in [9.17, 15) is 0 Å². The van der Waals surface area contributed by atoms with E-state index in [-0.39, 0.29) is 0 Å². The molecule has 0 N–H and O–H groups in total. The van der Waals surface area contributed by atoms with Crippen molar-refractivity contribution in [3.63, 3.8) is 0 Å². The zero-order chi connectivity index (χ0) is 22.9. The summed E-state index contributed by atoms with van der Waals surface area (Å²) >= 11 is 0. The quantitative estimate of drug-likeness (QED) is 0.0956. The normalized spacial score (nSPS) is 12.0. The van der Waals surface area contributed by atoms with Crippen molar-refractivity contribution >= 4 is 9.05 Å². The third-order valence-electron chi connectivity index (χ3n) is 5.52. The summed E-state index contributed by atoms with van der Waals surface area (Å²) in [5, 5.41) is 0. The average molecular weight is 461 g/mol. The first-order valence-electron chi connectivity index (χ1n) is 13.8. The van der Waals surface area contributed by atoms with Gasteiger partial charge in [-0.3, -0.25) is 0 Å². The Morgan fingerprint density at radius 1 is 0.323 bits per heavy atom. The first kappa shape index (κ1) is 31.1. The molecule has 0 aromatic carbocycles. The summed E-state index contributed by atoms with van der Waals surface area (Å²) in [5.74, 6) is 0. The molecule has 31 heavy (non-hydrogen) atoms. The van der Waals surface area contributed by atoms with Gasteiger partial charge in [0.25, 0.3) is 0 Å². The monoisotopic (exact) mass is 460 g/mol. The third-order valence-corrected chi connectivity index (χ3v) is 7.75. The maximum atomic E-state index is 6.22. The highest BCUT2D eigenvalue weighted by Gasteiger charge is 2.45. The summed E-state index contributed by atoms with van der Waals surface area (Å²) in [5.41, 5.74) is 0. The second-order valence-electron chi connectivity index (χ2n) is 8.84. The van der Waals surface area contributed by atoms with Crippen LogP contribution in [0.25, 0.3) is 0 Å². The lowest BCUT2D eigenvalue weighted by molar-refractivity contribution is -0.0361. The van der Waals surface area contributed by atoms with Crippen LogP contribution >= 0.6 is 0 Å². The van der Waals surface area contributed by atoms with Gasteiger partial charge in [-0.2, -0.15) is 0 Å². The van der Waals surface area contributed by atoms with Crippen LogP contribution < -0.4 is 0 Å². The van der Waals surface area contributed by atoms with Crippen LogP contribution in [-0.4, -0.2) is 35.5 Å². The van der Waals surface area contributed by atoms with E-state index in [2.05, 4.69) is 27.7 Å². The number of hydrogen-bond acceptors (Lipinski definition) is 4. The molecule has 0 saturated carbocycles. The van der Waals surface area contributed by atoms with Gasteiger partial charge in [0.2, 0.25) is 0 Å². The average Bonchev–Trinajstić information content (AvgIpc) is 2.79. The van der Waals surface area contributed by atoms with Crippen LogP contribution in [0.1, 0.15) is 143 Å². The fraction of sp³-hybridized carbons (Fsp3) is 1.00. The molecule has 0 amide bonds. The fourth-order valence-electron chi connectivity index (χ4n) is 3.57. The molecule has 0 aliphatic carbocycles. The van der Waals surface area contributed by atoms with Crippen LogP contribution in [0.3, 0.4) is 0 Å². The van der Waals surface area contributed by atoms with E-state index in [1.165, 1.54) is 89.9 Å². The van der Waals surface area contributed by atoms with Gasteiger partial charge in [-0.25, -0.2) is 0 Å². The van der Waals surface area contributed by atoms with E-state index in [0.29, 0.717) is 26.4 Å². The molecule has 5 heteroatoms. The van der Waals surface area contributed by atoms with Crippen LogP contribution in [0.4, 0.5) is 0 Å². The Bertz CT molecular complexity index is 309. The molecule has 0 radical (unpaired) electrons. The lowest BCUT2D eigenvalue weighted by Crippen LogP contribution is -2.50. The Hall–Kier alpha value is 0.0569. The van der Waals surface area contributed by atoms with E-state index >= 15 is 0 Å². The Morgan fingerprint density at radius 2 is 0.613 bits per heavy atom. The van der Waals surface area contributed by atoms with E-state index in [1.807, 2.05) is 0 Å². The standard InChI is InChI=1S/C26H56O4Si/c1-5-9-11-13-15-17-19-21-25-29-31(27-23-7-3,28-24-8-4)30-26-22-20-18-16-14-12-10-6-2/h5-26H2,1-4H3. The molecule has 0 bridgehead atoms. The van der Waals surface area contributed by atoms with Crippen molar-refractivity contribution in [1.29, 1.82) is 0 Å². The summed E-state index contributed by atoms with van der Waals surface area (Å²) in [7, 11) is -3.01. The van der Waals surface area contributed by atoms with Crippen molar-refractivity contribution in [3.05, 3.63) is 0 Å². The molecule has 188 valence electrons. The van der Waals surface area contributed by atoms with Gasteiger partial charge < -0.3 is 17.7 Å². The van der Waals surface area contributed by atoms with Gasteiger partial charge in [-0.15, -0.1) is 0 Å². The topological polar surface area (TPSA) is 36.9 Å². The Kier molecular flexibility index (Phi) is 24.7. The van der Waals surface area contributed by atoms with Gasteiger partial charge in [0.1, 0.15) is 0 Å². The minimum atomic E-state index is -3.01. The highest BCUT2D eigenvalue weighted by atomic mass is 28.4. The van der Waals surface area contributed by atoms with E-state index in [4.69, 9.17) is 17.7 Å². The summed E-state index contributed by atoms with van der Waals surface area (Å²) in [4.78, 5) is 0. The molecular weight excluding hydrogens is 404 g/mol. The molecule has 0 atom stereocenters. The van der Waals surface area contributed by atoms with Gasteiger partial charge in [0.05, 0.1) is 0 Å². The predicted octanol–water partition coefficient (Wildman–Crippen LogP) is 8.59. The zero-order valence-electron chi connectivity index (χ0n) is 21.7. The number of rotatable bonds is 26. The molecule has 0 unspecified atom stereocenters. The maximum Gasteiger partial charge on any atom is 0.679 e. The molecule has 0 fully saturated rings. The Balaban J connectivity index is 4.20. The Morgan fingerprint density at radius 3 is 0.935 bits per heavy atom. The van der Waals surface area contributed by atoms with E-state index in [1.54, 1.807) is 0 Å². The molecule has 4 nitrogen and oxygen atoms in total. The zero-order valence-corrected chi connectivity index (χ0v) is 22.7. The van der Waals surface area contributed by atoms with Gasteiger partial charge in [-0.1, -0.05) is 118 Å². The smallest absolute Gasteiger partial charge is 0.351 e. The first-order chi connectivity index (χ1) is 15.2. The lowest BCUT2D eigenvalue weighted by atomic mass is 10.1. The van der Waals surface area contributed by atoms with E-state index < -0.39 is 9.05 Å². The molecule has 0 aliphatic heterocycles. The van der Waals surface area contributed by atoms with Crippen LogP contribution in [0, 0.1) is 0 Å². The van der Waals surface area contributed by atoms with E-state index in [0.717, 1.165) is 25.7 Å². The minimum absolute atomic E-state index is 0.644. The highest BCUT2D eigenvalue weighted by Crippen LogP contribution is 2.17. The van der Waals surface area contributed by atoms with Crippen LogP contribution in [0.15, 0.2) is 0 Å². The molecular formula is C26H56O4Si. The second kappa shape index (κ2) is 24.7. The summed E-state index contributed by atoms with van der Waals surface area (Å²) in [6.45, 7) is 11.4. The fourth-order valence-corrected chi connectivity index (χ4v) is 5.77. The molecule has 0 rings (SSSR count). The van der Waals surface area contributed by atoms with Crippen molar-refractivity contribution in [3.8, 4) is 0 Å². The Labute approximate surface area is 196 Å². The van der Waals surface area contributed by atoms with Crippen molar-refractivity contribution < 1.29 is 17.7 Å². The summed E-state index contributed by atoms with van der Waals surface area (Å²) in [6, 6.07) is 0. The SMILES string of the molecule is CCCCCCCCCCO[Si](OCCC)(OCCC)OCCCCCCCCCC. The second-order valence-corrected chi connectivity index (χ2v) is 11.0. The molecule has 0 heterocycles. The molecule has 0 spiro atoms. The predicted molar refractivity (Wildman–Crippen MR) is 135 cm³/mol. The van der Waals surface area contributed by atoms with Gasteiger partial charge in [-0.05, 0) is 25.7 Å². The van der Waals surface area contributed by atoms with Crippen molar-refractivity contribution in [2.24, 2.45) is 0 Å². The van der Waals surface area contributed by atoms with Crippen molar-refractivity contribution in [2.45, 2.75) is 143 Å².